The van der Waals surface area contributed by atoms with Gasteiger partial charge >= 0.3 is 6.03 Å². The van der Waals surface area contributed by atoms with Gasteiger partial charge in [0.25, 0.3) is 5.91 Å². The van der Waals surface area contributed by atoms with Crippen LogP contribution in [0.5, 0.6) is 11.5 Å². The summed E-state index contributed by atoms with van der Waals surface area (Å²) in [4.78, 5) is 38.1. The first-order chi connectivity index (χ1) is 12.5. The summed E-state index contributed by atoms with van der Waals surface area (Å²) in [5.74, 6) is 0.647. The molecular formula is C18H21N3O5. The smallest absolute Gasteiger partial charge is 0.325 e. The van der Waals surface area contributed by atoms with Crippen LogP contribution in [0.2, 0.25) is 0 Å². The molecule has 1 aromatic carbocycles. The number of urea groups is 1. The number of nitrogens with one attached hydrogen (secondary N) is 2. The van der Waals surface area contributed by atoms with Gasteiger partial charge in [0.1, 0.15) is 12.1 Å². The van der Waals surface area contributed by atoms with E-state index in [4.69, 9.17) is 9.47 Å². The van der Waals surface area contributed by atoms with E-state index in [1.54, 1.807) is 6.07 Å². The first-order valence-electron chi connectivity index (χ1n) is 8.81. The van der Waals surface area contributed by atoms with E-state index in [1.807, 2.05) is 19.1 Å². The second-order valence-corrected chi connectivity index (χ2v) is 7.01. The van der Waals surface area contributed by atoms with Crippen molar-refractivity contribution in [1.29, 1.82) is 0 Å². The zero-order valence-corrected chi connectivity index (χ0v) is 14.5. The van der Waals surface area contributed by atoms with Crippen molar-refractivity contribution in [2.75, 3.05) is 13.3 Å². The summed E-state index contributed by atoms with van der Waals surface area (Å²) in [5.41, 5.74) is 0.0624. The molecule has 1 saturated heterocycles. The average molecular weight is 359 g/mol. The molecule has 2 aliphatic heterocycles. The molecule has 138 valence electrons. The summed E-state index contributed by atoms with van der Waals surface area (Å²) in [6, 6.07) is 4.68. The monoisotopic (exact) mass is 359 g/mol. The minimum atomic E-state index is -0.791. The first kappa shape index (κ1) is 16.7. The Morgan fingerprint density at radius 1 is 1.27 bits per heavy atom. The van der Waals surface area contributed by atoms with Gasteiger partial charge in [0, 0.05) is 0 Å². The van der Waals surface area contributed by atoms with Gasteiger partial charge in [-0.1, -0.05) is 18.9 Å². The molecule has 0 aromatic heterocycles. The molecule has 4 rings (SSSR count). The molecule has 1 aliphatic carbocycles. The topological polar surface area (TPSA) is 97.0 Å². The fourth-order valence-corrected chi connectivity index (χ4v) is 3.83. The van der Waals surface area contributed by atoms with E-state index in [-0.39, 0.29) is 31.2 Å². The fraction of sp³-hybridized carbons (Fsp3) is 0.500. The maximum Gasteiger partial charge on any atom is 0.325 e. The van der Waals surface area contributed by atoms with Crippen LogP contribution in [0.25, 0.3) is 0 Å². The van der Waals surface area contributed by atoms with Crippen molar-refractivity contribution in [2.24, 2.45) is 0 Å². The number of benzene rings is 1. The number of ether oxygens (including phenoxy) is 2. The third kappa shape index (κ3) is 2.75. The Bertz CT molecular complexity index is 772. The second-order valence-electron chi connectivity index (χ2n) is 7.01. The van der Waals surface area contributed by atoms with Gasteiger partial charge in [-0.05, 0) is 37.5 Å². The highest BCUT2D eigenvalue weighted by atomic mass is 16.7. The van der Waals surface area contributed by atoms with Crippen LogP contribution in [0, 0.1) is 0 Å². The van der Waals surface area contributed by atoms with Crippen LogP contribution in [0.3, 0.4) is 0 Å². The van der Waals surface area contributed by atoms with Gasteiger partial charge in [0.2, 0.25) is 12.7 Å². The summed E-state index contributed by atoms with van der Waals surface area (Å²) in [7, 11) is 0. The number of carbonyl (C=O) groups excluding carboxylic acids is 3. The number of imide groups is 1. The largest absolute Gasteiger partial charge is 0.454 e. The normalized spacial score (nSPS) is 21.2. The van der Waals surface area contributed by atoms with Gasteiger partial charge in [-0.3, -0.25) is 14.5 Å². The molecule has 0 radical (unpaired) electrons. The molecule has 2 fully saturated rings. The van der Waals surface area contributed by atoms with Crippen LogP contribution in [-0.4, -0.2) is 41.6 Å². The Morgan fingerprint density at radius 3 is 2.77 bits per heavy atom. The highest BCUT2D eigenvalue weighted by Gasteiger charge is 2.52. The molecule has 3 aliphatic rings. The van der Waals surface area contributed by atoms with E-state index in [2.05, 4.69) is 10.6 Å². The lowest BCUT2D eigenvalue weighted by Gasteiger charge is -2.20. The summed E-state index contributed by atoms with van der Waals surface area (Å²) >= 11 is 0. The quantitative estimate of drug-likeness (QED) is 0.793. The van der Waals surface area contributed by atoms with Crippen LogP contribution in [-0.2, 0) is 9.59 Å². The summed E-state index contributed by atoms with van der Waals surface area (Å²) < 4.78 is 10.6. The first-order valence-corrected chi connectivity index (χ1v) is 8.81. The van der Waals surface area contributed by atoms with Gasteiger partial charge in [-0.2, -0.15) is 0 Å². The molecule has 8 nitrogen and oxygen atoms in total. The number of carbonyl (C=O) groups is 3. The zero-order valence-electron chi connectivity index (χ0n) is 14.5. The third-order valence-corrected chi connectivity index (χ3v) is 5.28. The molecule has 1 spiro atoms. The average Bonchev–Trinajstić information content (AvgIpc) is 3.31. The Morgan fingerprint density at radius 2 is 2.00 bits per heavy atom. The molecule has 2 heterocycles. The molecular weight excluding hydrogens is 338 g/mol. The number of hydrogen-bond acceptors (Lipinski definition) is 5. The molecule has 1 atom stereocenters. The van der Waals surface area contributed by atoms with Crippen LogP contribution in [0.15, 0.2) is 18.2 Å². The van der Waals surface area contributed by atoms with Crippen molar-refractivity contribution >= 4 is 17.8 Å². The number of hydrogen-bond donors (Lipinski definition) is 2. The van der Waals surface area contributed by atoms with Crippen molar-refractivity contribution in [3.05, 3.63) is 23.8 Å². The van der Waals surface area contributed by atoms with Gasteiger partial charge in [-0.15, -0.1) is 0 Å². The van der Waals surface area contributed by atoms with E-state index < -0.39 is 11.6 Å². The Labute approximate surface area is 150 Å². The molecule has 8 heteroatoms. The van der Waals surface area contributed by atoms with Crippen molar-refractivity contribution < 1.29 is 23.9 Å². The van der Waals surface area contributed by atoms with Crippen LogP contribution >= 0.6 is 0 Å². The Kier molecular flexibility index (Phi) is 3.97. The van der Waals surface area contributed by atoms with Crippen molar-refractivity contribution in [1.82, 2.24) is 15.5 Å². The van der Waals surface area contributed by atoms with E-state index in [1.165, 1.54) is 0 Å². The minimum Gasteiger partial charge on any atom is -0.454 e. The Hall–Kier alpha value is -2.77. The fourth-order valence-electron chi connectivity index (χ4n) is 3.83. The highest BCUT2D eigenvalue weighted by Crippen LogP contribution is 2.35. The summed E-state index contributed by atoms with van der Waals surface area (Å²) in [6.07, 6.45) is 3.10. The molecule has 0 bridgehead atoms. The standard InChI is InChI=1S/C18H21N3O5/c1-11(12-4-5-13-14(8-12)26-10-25-13)19-15(22)9-21-16(23)18(20-17(21)24)6-2-3-7-18/h4-5,8,11H,2-3,6-7,9-10H2,1H3,(H,19,22)(H,20,24)/t11-/m0/s1. The van der Waals surface area contributed by atoms with E-state index in [9.17, 15) is 14.4 Å². The molecule has 1 aromatic rings. The maximum absolute atomic E-state index is 12.6. The van der Waals surface area contributed by atoms with Crippen LogP contribution in [0.4, 0.5) is 4.79 Å². The highest BCUT2D eigenvalue weighted by molar-refractivity contribution is 6.09. The lowest BCUT2D eigenvalue weighted by Crippen LogP contribution is -2.45. The molecule has 26 heavy (non-hydrogen) atoms. The van der Waals surface area contributed by atoms with Crippen LogP contribution in [0.1, 0.15) is 44.2 Å². The van der Waals surface area contributed by atoms with Crippen molar-refractivity contribution in [3.8, 4) is 11.5 Å². The molecule has 4 amide bonds. The van der Waals surface area contributed by atoms with Gasteiger partial charge in [-0.25, -0.2) is 4.79 Å². The number of rotatable bonds is 4. The predicted octanol–water partition coefficient (Wildman–Crippen LogP) is 1.46. The molecule has 2 N–H and O–H groups in total. The maximum atomic E-state index is 12.6. The molecule has 0 unspecified atom stereocenters. The van der Waals surface area contributed by atoms with E-state index >= 15 is 0 Å². The van der Waals surface area contributed by atoms with Crippen molar-refractivity contribution in [3.63, 3.8) is 0 Å². The lowest BCUT2D eigenvalue weighted by molar-refractivity contribution is -0.135. The van der Waals surface area contributed by atoms with Gasteiger partial charge < -0.3 is 20.1 Å². The minimum absolute atomic E-state index is 0.188. The Balaban J connectivity index is 1.39. The number of nitrogens with zero attached hydrogens (tertiary/aromatic N) is 1. The lowest BCUT2D eigenvalue weighted by atomic mass is 9.98. The third-order valence-electron chi connectivity index (χ3n) is 5.28. The van der Waals surface area contributed by atoms with Gasteiger partial charge in [0.15, 0.2) is 11.5 Å². The molecule has 1 saturated carbocycles. The SMILES string of the molecule is C[C@H](NC(=O)CN1C(=O)NC2(CCCC2)C1=O)c1ccc2c(c1)OCO2. The number of amides is 4. The van der Waals surface area contributed by atoms with Crippen molar-refractivity contribution in [2.45, 2.75) is 44.2 Å². The summed E-state index contributed by atoms with van der Waals surface area (Å²) in [5, 5.41) is 5.60. The predicted molar refractivity (Wildman–Crippen MR) is 90.6 cm³/mol. The van der Waals surface area contributed by atoms with E-state index in [0.717, 1.165) is 23.3 Å². The van der Waals surface area contributed by atoms with Crippen LogP contribution < -0.4 is 20.1 Å². The zero-order chi connectivity index (χ0) is 18.3. The summed E-state index contributed by atoms with van der Waals surface area (Å²) in [6.45, 7) is 1.74. The van der Waals surface area contributed by atoms with E-state index in [0.29, 0.717) is 24.3 Å². The number of fused-ring (bicyclic) bond motifs is 1. The second kappa shape index (κ2) is 6.19. The van der Waals surface area contributed by atoms with Gasteiger partial charge in [0.05, 0.1) is 6.04 Å².